The lowest BCUT2D eigenvalue weighted by atomic mass is 10.2. The van der Waals surface area contributed by atoms with E-state index in [1.54, 1.807) is 0 Å². The van der Waals surface area contributed by atoms with Crippen molar-refractivity contribution in [3.8, 4) is 0 Å². The molecule has 0 fully saturated rings. The number of anilines is 1. The molecule has 0 amide bonds. The lowest BCUT2D eigenvalue weighted by molar-refractivity contribution is 0.627. The third-order valence-corrected chi connectivity index (χ3v) is 2.73. The summed E-state index contributed by atoms with van der Waals surface area (Å²) >= 11 is 4.19. The van der Waals surface area contributed by atoms with Crippen molar-refractivity contribution in [3.63, 3.8) is 0 Å². The molecular weight excluding hydrogens is 209 g/mol. The molecule has 0 saturated heterocycles. The van der Waals surface area contributed by atoms with Gasteiger partial charge in [-0.05, 0) is 49.8 Å². The van der Waals surface area contributed by atoms with E-state index in [9.17, 15) is 4.39 Å². The summed E-state index contributed by atoms with van der Waals surface area (Å²) in [5, 5.41) is 0. The first-order valence-corrected chi connectivity index (χ1v) is 6.02. The van der Waals surface area contributed by atoms with Crippen LogP contribution in [0.2, 0.25) is 0 Å². The quantitative estimate of drug-likeness (QED) is 0.576. The zero-order valence-corrected chi connectivity index (χ0v) is 10.0. The summed E-state index contributed by atoms with van der Waals surface area (Å²) in [6.07, 6.45) is 2.26. The minimum atomic E-state index is -0.176. The Morgan fingerprint density at radius 3 is 2.40 bits per heavy atom. The highest BCUT2D eigenvalue weighted by Gasteiger charge is 2.03. The number of thiol groups is 1. The molecule has 1 nitrogen and oxygen atoms in total. The molecule has 0 spiro atoms. The van der Waals surface area contributed by atoms with Crippen LogP contribution in [-0.4, -0.2) is 18.8 Å². The van der Waals surface area contributed by atoms with E-state index in [0.29, 0.717) is 0 Å². The third kappa shape index (κ3) is 4.12. The van der Waals surface area contributed by atoms with Crippen LogP contribution in [0.4, 0.5) is 10.1 Å². The molecule has 0 saturated carbocycles. The van der Waals surface area contributed by atoms with E-state index in [0.717, 1.165) is 37.4 Å². The Morgan fingerprint density at radius 2 is 1.87 bits per heavy atom. The van der Waals surface area contributed by atoms with Gasteiger partial charge in [-0.2, -0.15) is 12.6 Å². The minimum absolute atomic E-state index is 0.176. The maximum atomic E-state index is 12.7. The predicted molar refractivity (Wildman–Crippen MR) is 67.4 cm³/mol. The Bertz CT molecular complexity index is 273. The average molecular weight is 227 g/mol. The van der Waals surface area contributed by atoms with Gasteiger partial charge in [0.25, 0.3) is 0 Å². The maximum Gasteiger partial charge on any atom is 0.123 e. The van der Waals surface area contributed by atoms with Gasteiger partial charge in [0.1, 0.15) is 5.82 Å². The Morgan fingerprint density at radius 1 is 1.20 bits per heavy atom. The van der Waals surface area contributed by atoms with Crippen LogP contribution in [-0.2, 0) is 0 Å². The van der Waals surface area contributed by atoms with E-state index in [1.807, 2.05) is 12.1 Å². The van der Waals surface area contributed by atoms with Crippen molar-refractivity contribution < 1.29 is 4.39 Å². The number of halogens is 1. The molecule has 15 heavy (non-hydrogen) atoms. The van der Waals surface area contributed by atoms with E-state index in [1.165, 1.54) is 12.1 Å². The minimum Gasteiger partial charge on any atom is -0.372 e. The van der Waals surface area contributed by atoms with Gasteiger partial charge in [-0.3, -0.25) is 0 Å². The summed E-state index contributed by atoms with van der Waals surface area (Å²) in [6.45, 7) is 4.09. The summed E-state index contributed by atoms with van der Waals surface area (Å²) in [5.41, 5.74) is 1.10. The molecule has 1 aromatic carbocycles. The van der Waals surface area contributed by atoms with Gasteiger partial charge in [0.05, 0.1) is 0 Å². The molecular formula is C12H18FNS. The van der Waals surface area contributed by atoms with Crippen LogP contribution in [0.1, 0.15) is 19.8 Å². The summed E-state index contributed by atoms with van der Waals surface area (Å²) in [4.78, 5) is 2.25. The van der Waals surface area contributed by atoms with Crippen molar-refractivity contribution in [2.75, 3.05) is 23.7 Å². The second kappa shape index (κ2) is 6.72. The summed E-state index contributed by atoms with van der Waals surface area (Å²) < 4.78 is 12.7. The fourth-order valence-corrected chi connectivity index (χ4v) is 1.76. The van der Waals surface area contributed by atoms with Crippen LogP contribution >= 0.6 is 12.6 Å². The smallest absolute Gasteiger partial charge is 0.123 e. The van der Waals surface area contributed by atoms with Crippen molar-refractivity contribution in [1.29, 1.82) is 0 Å². The van der Waals surface area contributed by atoms with E-state index >= 15 is 0 Å². The van der Waals surface area contributed by atoms with Crippen molar-refractivity contribution in [3.05, 3.63) is 30.1 Å². The zero-order chi connectivity index (χ0) is 11.1. The normalized spacial score (nSPS) is 10.3. The molecule has 1 aromatic rings. The van der Waals surface area contributed by atoms with Gasteiger partial charge in [-0.15, -0.1) is 0 Å². The Labute approximate surface area is 96.7 Å². The molecule has 0 aromatic heterocycles. The molecule has 0 unspecified atom stereocenters. The fourth-order valence-electron chi connectivity index (χ4n) is 1.54. The standard InChI is InChI=1S/C12H18FNS/c1-2-14(9-3-4-10-15)12-7-5-11(13)6-8-12/h5-8,15H,2-4,9-10H2,1H3. The highest BCUT2D eigenvalue weighted by Crippen LogP contribution is 2.15. The highest BCUT2D eigenvalue weighted by molar-refractivity contribution is 7.80. The Hall–Kier alpha value is -0.700. The molecule has 0 bridgehead atoms. The van der Waals surface area contributed by atoms with Gasteiger partial charge in [0, 0.05) is 18.8 Å². The molecule has 1 rings (SSSR count). The predicted octanol–water partition coefficient (Wildman–Crippen LogP) is 3.36. The van der Waals surface area contributed by atoms with E-state index in [-0.39, 0.29) is 5.82 Å². The van der Waals surface area contributed by atoms with Gasteiger partial charge >= 0.3 is 0 Å². The second-order valence-electron chi connectivity index (χ2n) is 3.49. The number of nitrogens with zero attached hydrogens (tertiary/aromatic N) is 1. The Kier molecular flexibility index (Phi) is 5.54. The first kappa shape index (κ1) is 12.4. The van der Waals surface area contributed by atoms with Crippen LogP contribution in [0.5, 0.6) is 0 Å². The van der Waals surface area contributed by atoms with Crippen molar-refractivity contribution in [2.24, 2.45) is 0 Å². The molecule has 3 heteroatoms. The molecule has 0 radical (unpaired) electrons. The van der Waals surface area contributed by atoms with E-state index < -0.39 is 0 Å². The SMILES string of the molecule is CCN(CCCCS)c1ccc(F)cc1. The lowest BCUT2D eigenvalue weighted by Crippen LogP contribution is -2.23. The van der Waals surface area contributed by atoms with Crippen molar-refractivity contribution in [2.45, 2.75) is 19.8 Å². The van der Waals surface area contributed by atoms with Crippen LogP contribution in [0.25, 0.3) is 0 Å². The second-order valence-corrected chi connectivity index (χ2v) is 3.93. The zero-order valence-electron chi connectivity index (χ0n) is 9.12. The summed E-state index contributed by atoms with van der Waals surface area (Å²) in [6, 6.07) is 6.69. The number of hydrogen-bond donors (Lipinski definition) is 1. The third-order valence-electron chi connectivity index (χ3n) is 2.41. The number of rotatable bonds is 6. The van der Waals surface area contributed by atoms with Gasteiger partial charge in [-0.25, -0.2) is 4.39 Å². The molecule has 84 valence electrons. The average Bonchev–Trinajstić information content (AvgIpc) is 2.26. The highest BCUT2D eigenvalue weighted by atomic mass is 32.1. The number of benzene rings is 1. The molecule has 0 aliphatic heterocycles. The van der Waals surface area contributed by atoms with E-state index in [4.69, 9.17) is 0 Å². The van der Waals surface area contributed by atoms with Crippen LogP contribution in [0.15, 0.2) is 24.3 Å². The van der Waals surface area contributed by atoms with Gasteiger partial charge in [0.2, 0.25) is 0 Å². The van der Waals surface area contributed by atoms with Crippen LogP contribution in [0.3, 0.4) is 0 Å². The van der Waals surface area contributed by atoms with Crippen LogP contribution in [0, 0.1) is 5.82 Å². The molecule has 0 N–H and O–H groups in total. The first-order chi connectivity index (χ1) is 7.27. The lowest BCUT2D eigenvalue weighted by Gasteiger charge is -2.22. The van der Waals surface area contributed by atoms with Crippen molar-refractivity contribution >= 4 is 18.3 Å². The first-order valence-electron chi connectivity index (χ1n) is 5.39. The Balaban J connectivity index is 2.53. The molecule has 0 atom stereocenters. The van der Waals surface area contributed by atoms with E-state index in [2.05, 4.69) is 24.5 Å². The molecule has 0 heterocycles. The summed E-state index contributed by atoms with van der Waals surface area (Å²) in [7, 11) is 0. The number of unbranched alkanes of at least 4 members (excludes halogenated alkanes) is 1. The van der Waals surface area contributed by atoms with Crippen molar-refractivity contribution in [1.82, 2.24) is 0 Å². The monoisotopic (exact) mass is 227 g/mol. The topological polar surface area (TPSA) is 3.24 Å². The fraction of sp³-hybridized carbons (Fsp3) is 0.500. The van der Waals surface area contributed by atoms with Gasteiger partial charge in [0.15, 0.2) is 0 Å². The maximum absolute atomic E-state index is 12.7. The van der Waals surface area contributed by atoms with Gasteiger partial charge < -0.3 is 4.90 Å². The summed E-state index contributed by atoms with van der Waals surface area (Å²) in [5.74, 6) is 0.756. The largest absolute Gasteiger partial charge is 0.372 e. The molecule has 0 aliphatic rings. The van der Waals surface area contributed by atoms with Crippen LogP contribution < -0.4 is 4.90 Å². The molecule has 0 aliphatic carbocycles. The number of hydrogen-bond acceptors (Lipinski definition) is 2. The van der Waals surface area contributed by atoms with Gasteiger partial charge in [-0.1, -0.05) is 0 Å².